The van der Waals surface area contributed by atoms with Crippen LogP contribution in [0.5, 0.6) is 0 Å². The van der Waals surface area contributed by atoms with E-state index in [2.05, 4.69) is 10.6 Å². The molecular formula is C25H27N3O2. The Morgan fingerprint density at radius 3 is 2.20 bits per heavy atom. The molecule has 0 aliphatic heterocycles. The molecule has 0 saturated carbocycles. The minimum absolute atomic E-state index is 0.0604. The summed E-state index contributed by atoms with van der Waals surface area (Å²) in [7, 11) is 1.79. The van der Waals surface area contributed by atoms with Crippen LogP contribution in [0.4, 0.5) is 5.69 Å². The van der Waals surface area contributed by atoms with Crippen molar-refractivity contribution < 1.29 is 9.59 Å². The molecule has 5 nitrogen and oxygen atoms in total. The lowest BCUT2D eigenvalue weighted by atomic mass is 10.1. The number of benzene rings is 3. The molecule has 30 heavy (non-hydrogen) atoms. The lowest BCUT2D eigenvalue weighted by molar-refractivity contribution is -0.119. The number of nitrogens with one attached hydrogen (secondary N) is 2. The highest BCUT2D eigenvalue weighted by molar-refractivity contribution is 5.95. The molecule has 3 rings (SSSR count). The van der Waals surface area contributed by atoms with Crippen LogP contribution in [-0.2, 0) is 17.8 Å². The van der Waals surface area contributed by atoms with Gasteiger partial charge in [0.1, 0.15) is 0 Å². The molecule has 2 N–H and O–H groups in total. The molecule has 0 unspecified atom stereocenters. The number of carbonyl (C=O) groups is 2. The molecule has 0 saturated heterocycles. The highest BCUT2D eigenvalue weighted by Gasteiger charge is 2.12. The van der Waals surface area contributed by atoms with Crippen molar-refractivity contribution >= 4 is 17.5 Å². The van der Waals surface area contributed by atoms with Gasteiger partial charge in [-0.1, -0.05) is 66.7 Å². The Labute approximate surface area is 177 Å². The molecule has 3 aromatic rings. The molecule has 3 aromatic carbocycles. The standard InChI is InChI=1S/C25H27N3O2/c1-28(19-21-11-6-3-7-12-21)25(30)22-13-8-14-23(17-22)27-18-24(29)26-16-15-20-9-4-2-5-10-20/h2-14,17,27H,15-16,18-19H2,1H3,(H,26,29). The van der Waals surface area contributed by atoms with Crippen molar-refractivity contribution in [2.24, 2.45) is 0 Å². The zero-order valence-corrected chi connectivity index (χ0v) is 17.2. The van der Waals surface area contributed by atoms with Gasteiger partial charge in [-0.25, -0.2) is 0 Å². The highest BCUT2D eigenvalue weighted by atomic mass is 16.2. The fraction of sp³-hybridized carbons (Fsp3) is 0.200. The summed E-state index contributed by atoms with van der Waals surface area (Å²) in [5.41, 5.74) is 3.60. The topological polar surface area (TPSA) is 61.4 Å². The molecule has 0 atom stereocenters. The number of anilines is 1. The van der Waals surface area contributed by atoms with E-state index in [-0.39, 0.29) is 18.4 Å². The second kappa shape index (κ2) is 10.8. The lowest BCUT2D eigenvalue weighted by Crippen LogP contribution is -2.31. The average Bonchev–Trinajstić information content (AvgIpc) is 2.79. The Kier molecular flexibility index (Phi) is 7.61. The number of nitrogens with zero attached hydrogens (tertiary/aromatic N) is 1. The van der Waals surface area contributed by atoms with Crippen LogP contribution in [-0.4, -0.2) is 36.9 Å². The summed E-state index contributed by atoms with van der Waals surface area (Å²) < 4.78 is 0. The number of amides is 2. The SMILES string of the molecule is CN(Cc1ccccc1)C(=O)c1cccc(NCC(=O)NCCc2ccccc2)c1. The maximum absolute atomic E-state index is 12.7. The van der Waals surface area contributed by atoms with Gasteiger partial charge in [0.2, 0.25) is 5.91 Å². The van der Waals surface area contributed by atoms with E-state index in [0.717, 1.165) is 17.7 Å². The van der Waals surface area contributed by atoms with Crippen molar-refractivity contribution in [3.63, 3.8) is 0 Å². The first-order valence-corrected chi connectivity index (χ1v) is 10.1. The number of hydrogen-bond acceptors (Lipinski definition) is 3. The molecule has 0 spiro atoms. The van der Waals surface area contributed by atoms with E-state index in [4.69, 9.17) is 0 Å². The largest absolute Gasteiger partial charge is 0.376 e. The third-order valence-corrected chi connectivity index (χ3v) is 4.75. The first-order valence-electron chi connectivity index (χ1n) is 10.1. The Morgan fingerprint density at radius 2 is 1.50 bits per heavy atom. The molecule has 0 aliphatic carbocycles. The normalized spacial score (nSPS) is 10.3. The Bertz CT molecular complexity index is 958. The smallest absolute Gasteiger partial charge is 0.253 e. The Morgan fingerprint density at radius 1 is 0.833 bits per heavy atom. The van der Waals surface area contributed by atoms with Crippen LogP contribution in [0.1, 0.15) is 21.5 Å². The van der Waals surface area contributed by atoms with Crippen LogP contribution in [0.25, 0.3) is 0 Å². The van der Waals surface area contributed by atoms with Gasteiger partial charge in [-0.05, 0) is 35.7 Å². The molecule has 0 radical (unpaired) electrons. The summed E-state index contributed by atoms with van der Waals surface area (Å²) in [6.07, 6.45) is 0.796. The van der Waals surface area contributed by atoms with Gasteiger partial charge in [-0.15, -0.1) is 0 Å². The van der Waals surface area contributed by atoms with Gasteiger partial charge in [-0.3, -0.25) is 9.59 Å². The summed E-state index contributed by atoms with van der Waals surface area (Å²) in [5.74, 6) is -0.140. The molecule has 0 heterocycles. The van der Waals surface area contributed by atoms with E-state index in [1.54, 1.807) is 24.1 Å². The molecular weight excluding hydrogens is 374 g/mol. The maximum atomic E-state index is 12.7. The Hall–Kier alpha value is -3.60. The van der Waals surface area contributed by atoms with Crippen LogP contribution < -0.4 is 10.6 Å². The van der Waals surface area contributed by atoms with E-state index >= 15 is 0 Å². The van der Waals surface area contributed by atoms with Crippen molar-refractivity contribution in [2.75, 3.05) is 25.5 Å². The van der Waals surface area contributed by atoms with Crippen LogP contribution in [0.3, 0.4) is 0 Å². The van der Waals surface area contributed by atoms with Crippen LogP contribution in [0.15, 0.2) is 84.9 Å². The zero-order chi connectivity index (χ0) is 21.2. The molecule has 0 bridgehead atoms. The molecule has 154 valence electrons. The fourth-order valence-electron chi connectivity index (χ4n) is 3.15. The summed E-state index contributed by atoms with van der Waals surface area (Å²) in [6, 6.07) is 27.2. The average molecular weight is 402 g/mol. The van der Waals surface area contributed by atoms with Crippen molar-refractivity contribution in [3.8, 4) is 0 Å². The van der Waals surface area contributed by atoms with Gasteiger partial charge >= 0.3 is 0 Å². The monoisotopic (exact) mass is 401 g/mol. The van der Waals surface area contributed by atoms with Gasteiger partial charge in [0.15, 0.2) is 0 Å². The van der Waals surface area contributed by atoms with E-state index in [9.17, 15) is 9.59 Å². The Balaban J connectivity index is 1.47. The van der Waals surface area contributed by atoms with Crippen LogP contribution >= 0.6 is 0 Å². The molecule has 5 heteroatoms. The van der Waals surface area contributed by atoms with Gasteiger partial charge in [0.25, 0.3) is 5.91 Å². The second-order valence-corrected chi connectivity index (χ2v) is 7.17. The van der Waals surface area contributed by atoms with Crippen molar-refractivity contribution in [3.05, 3.63) is 102 Å². The molecule has 2 amide bonds. The number of rotatable bonds is 9. The first-order chi connectivity index (χ1) is 14.6. The third kappa shape index (κ3) is 6.48. The van der Waals surface area contributed by atoms with E-state index in [1.807, 2.05) is 72.8 Å². The summed E-state index contributed by atoms with van der Waals surface area (Å²) in [4.78, 5) is 26.5. The molecule has 0 aliphatic rings. The third-order valence-electron chi connectivity index (χ3n) is 4.75. The van der Waals surface area contributed by atoms with E-state index in [0.29, 0.717) is 18.7 Å². The van der Waals surface area contributed by atoms with Crippen molar-refractivity contribution in [2.45, 2.75) is 13.0 Å². The second-order valence-electron chi connectivity index (χ2n) is 7.17. The summed E-state index contributed by atoms with van der Waals surface area (Å²) >= 11 is 0. The number of hydrogen-bond donors (Lipinski definition) is 2. The molecule has 0 fully saturated rings. The zero-order valence-electron chi connectivity index (χ0n) is 17.2. The fourth-order valence-corrected chi connectivity index (χ4v) is 3.15. The molecule has 0 aromatic heterocycles. The van der Waals surface area contributed by atoms with E-state index < -0.39 is 0 Å². The summed E-state index contributed by atoms with van der Waals surface area (Å²) in [5, 5.41) is 6.00. The first kappa shape index (κ1) is 21.1. The van der Waals surface area contributed by atoms with Crippen molar-refractivity contribution in [1.82, 2.24) is 10.2 Å². The number of carbonyl (C=O) groups excluding carboxylic acids is 2. The predicted octanol–water partition coefficient (Wildman–Crippen LogP) is 3.73. The van der Waals surface area contributed by atoms with Gasteiger partial charge in [-0.2, -0.15) is 0 Å². The quantitative estimate of drug-likeness (QED) is 0.574. The minimum Gasteiger partial charge on any atom is -0.376 e. The predicted molar refractivity (Wildman–Crippen MR) is 120 cm³/mol. The van der Waals surface area contributed by atoms with Crippen molar-refractivity contribution in [1.29, 1.82) is 0 Å². The van der Waals surface area contributed by atoms with E-state index in [1.165, 1.54) is 5.56 Å². The van der Waals surface area contributed by atoms with Gasteiger partial charge in [0.05, 0.1) is 6.54 Å². The van der Waals surface area contributed by atoms with Gasteiger partial charge < -0.3 is 15.5 Å². The van der Waals surface area contributed by atoms with Crippen LogP contribution in [0, 0.1) is 0 Å². The highest BCUT2D eigenvalue weighted by Crippen LogP contribution is 2.13. The van der Waals surface area contributed by atoms with Crippen LogP contribution in [0.2, 0.25) is 0 Å². The summed E-state index contributed by atoms with van der Waals surface area (Å²) in [6.45, 7) is 1.29. The minimum atomic E-state index is -0.0798. The maximum Gasteiger partial charge on any atom is 0.253 e. The lowest BCUT2D eigenvalue weighted by Gasteiger charge is -2.18. The van der Waals surface area contributed by atoms with Gasteiger partial charge in [0, 0.05) is 31.4 Å².